The van der Waals surface area contributed by atoms with Gasteiger partial charge in [-0.2, -0.15) is 8.78 Å². The van der Waals surface area contributed by atoms with E-state index in [1.54, 1.807) is 55.5 Å². The molecule has 32 heavy (non-hydrogen) atoms. The van der Waals surface area contributed by atoms with Crippen LogP contribution in [-0.2, 0) is 6.54 Å². The molecule has 2 aromatic carbocycles. The molecule has 9 heteroatoms. The van der Waals surface area contributed by atoms with Gasteiger partial charge in [-0.05, 0) is 43.7 Å². The molecule has 3 aromatic rings. The molecular formula is C23H27F2N5O2. The number of halogens is 2. The maximum absolute atomic E-state index is 13.6. The highest BCUT2D eigenvalue weighted by atomic mass is 19.3. The van der Waals surface area contributed by atoms with Crippen LogP contribution in [0.3, 0.4) is 0 Å². The van der Waals surface area contributed by atoms with E-state index in [0.29, 0.717) is 23.1 Å². The van der Waals surface area contributed by atoms with E-state index in [1.165, 1.54) is 0 Å². The number of carbonyl (C=O) groups excluding carboxylic acids is 2. The normalized spacial score (nSPS) is 12.2. The molecule has 3 amide bonds. The zero-order valence-corrected chi connectivity index (χ0v) is 18.2. The molecule has 3 N–H and O–H groups in total. The lowest BCUT2D eigenvalue weighted by Gasteiger charge is -2.15. The molecule has 0 bridgehead atoms. The SMILES string of the molecule is CC(C)NC(=O)NCc1ccc(C(=O)NC[C@@H](C)c2nc3ccccc3n2C(F)F)cc1. The molecule has 0 aliphatic carbocycles. The standard InChI is InChI=1S/C23H27F2N5O2/c1-14(2)28-23(32)27-13-16-8-10-17(11-9-16)21(31)26-12-15(3)20-29-18-6-4-5-7-19(18)30(20)22(24)25/h4-11,14-15,22H,12-13H2,1-3H3,(H,26,31)(H2,27,28,32)/t15-/m1/s1. The van der Waals surface area contributed by atoms with Crippen molar-refractivity contribution in [1.29, 1.82) is 0 Å². The number of fused-ring (bicyclic) bond motifs is 1. The van der Waals surface area contributed by atoms with E-state index < -0.39 is 12.5 Å². The minimum Gasteiger partial charge on any atom is -0.351 e. The fraction of sp³-hybridized carbons (Fsp3) is 0.348. The van der Waals surface area contributed by atoms with Crippen LogP contribution in [0.4, 0.5) is 13.6 Å². The quantitative estimate of drug-likeness (QED) is 0.488. The molecule has 0 spiro atoms. The number of nitrogens with one attached hydrogen (secondary N) is 3. The van der Waals surface area contributed by atoms with E-state index in [-0.39, 0.29) is 30.3 Å². The van der Waals surface area contributed by atoms with Gasteiger partial charge in [-0.1, -0.05) is 31.2 Å². The Bertz CT molecular complexity index is 1080. The highest BCUT2D eigenvalue weighted by molar-refractivity contribution is 5.94. The fourth-order valence-corrected chi connectivity index (χ4v) is 3.32. The average Bonchev–Trinajstić information content (AvgIpc) is 3.16. The molecule has 7 nitrogen and oxygen atoms in total. The third-order valence-electron chi connectivity index (χ3n) is 4.92. The van der Waals surface area contributed by atoms with Gasteiger partial charge in [0.05, 0.1) is 11.0 Å². The topological polar surface area (TPSA) is 88.1 Å². The van der Waals surface area contributed by atoms with E-state index in [4.69, 9.17) is 0 Å². The predicted octanol–water partition coefficient (Wildman–Crippen LogP) is 4.17. The summed E-state index contributed by atoms with van der Waals surface area (Å²) in [5.74, 6) is -0.500. The minimum absolute atomic E-state index is 0.0422. The Kier molecular flexibility index (Phi) is 7.40. The second-order valence-corrected chi connectivity index (χ2v) is 7.90. The highest BCUT2D eigenvalue weighted by Gasteiger charge is 2.22. The predicted molar refractivity (Wildman–Crippen MR) is 119 cm³/mol. The van der Waals surface area contributed by atoms with Crippen LogP contribution in [0, 0.1) is 0 Å². The van der Waals surface area contributed by atoms with Gasteiger partial charge in [0.1, 0.15) is 5.82 Å². The molecule has 1 atom stereocenters. The van der Waals surface area contributed by atoms with Gasteiger partial charge in [0, 0.05) is 30.6 Å². The summed E-state index contributed by atoms with van der Waals surface area (Å²) in [5.41, 5.74) is 2.14. The van der Waals surface area contributed by atoms with E-state index in [9.17, 15) is 18.4 Å². The number of para-hydroxylation sites is 2. The summed E-state index contributed by atoms with van der Waals surface area (Å²) in [6.45, 7) is 3.26. The van der Waals surface area contributed by atoms with E-state index in [2.05, 4.69) is 20.9 Å². The first-order chi connectivity index (χ1) is 15.3. The van der Waals surface area contributed by atoms with Crippen LogP contribution in [-0.4, -0.2) is 34.1 Å². The number of aromatic nitrogens is 2. The Morgan fingerprint density at radius 1 is 1.00 bits per heavy atom. The van der Waals surface area contributed by atoms with Crippen LogP contribution in [0.2, 0.25) is 0 Å². The van der Waals surface area contributed by atoms with Gasteiger partial charge in [0.15, 0.2) is 0 Å². The van der Waals surface area contributed by atoms with Crippen molar-refractivity contribution in [3.05, 3.63) is 65.5 Å². The van der Waals surface area contributed by atoms with Gasteiger partial charge in [0.2, 0.25) is 0 Å². The first-order valence-corrected chi connectivity index (χ1v) is 10.4. The van der Waals surface area contributed by atoms with Crippen molar-refractivity contribution in [2.45, 2.75) is 45.8 Å². The van der Waals surface area contributed by atoms with Crippen molar-refractivity contribution in [1.82, 2.24) is 25.5 Å². The molecule has 1 aromatic heterocycles. The molecule has 0 fully saturated rings. The van der Waals surface area contributed by atoms with E-state index >= 15 is 0 Å². The monoisotopic (exact) mass is 443 g/mol. The van der Waals surface area contributed by atoms with Crippen LogP contribution in [0.15, 0.2) is 48.5 Å². The van der Waals surface area contributed by atoms with Crippen LogP contribution in [0.5, 0.6) is 0 Å². The lowest BCUT2D eigenvalue weighted by molar-refractivity contribution is 0.0703. The van der Waals surface area contributed by atoms with Gasteiger partial charge in [-0.3, -0.25) is 9.36 Å². The van der Waals surface area contributed by atoms with Gasteiger partial charge >= 0.3 is 12.6 Å². The molecular weight excluding hydrogens is 416 g/mol. The maximum Gasteiger partial charge on any atom is 0.320 e. The Balaban J connectivity index is 1.59. The van der Waals surface area contributed by atoms with Gasteiger partial charge in [-0.25, -0.2) is 9.78 Å². The Labute approximate surface area is 185 Å². The van der Waals surface area contributed by atoms with Crippen molar-refractivity contribution in [2.24, 2.45) is 0 Å². The fourth-order valence-electron chi connectivity index (χ4n) is 3.32. The largest absolute Gasteiger partial charge is 0.351 e. The highest BCUT2D eigenvalue weighted by Crippen LogP contribution is 2.27. The molecule has 0 aliphatic rings. The van der Waals surface area contributed by atoms with Crippen molar-refractivity contribution in [3.63, 3.8) is 0 Å². The lowest BCUT2D eigenvalue weighted by atomic mass is 10.1. The Hall–Kier alpha value is -3.49. The molecule has 0 saturated heterocycles. The molecule has 0 aliphatic heterocycles. The average molecular weight is 443 g/mol. The number of hydrogen-bond acceptors (Lipinski definition) is 3. The number of amides is 3. The number of carbonyl (C=O) groups is 2. The molecule has 0 unspecified atom stereocenters. The summed E-state index contributed by atoms with van der Waals surface area (Å²) >= 11 is 0. The van der Waals surface area contributed by atoms with Gasteiger partial charge in [0.25, 0.3) is 5.91 Å². The molecule has 170 valence electrons. The van der Waals surface area contributed by atoms with Gasteiger partial charge < -0.3 is 16.0 Å². The molecule has 0 saturated carbocycles. The van der Waals surface area contributed by atoms with Crippen molar-refractivity contribution < 1.29 is 18.4 Å². The summed E-state index contributed by atoms with van der Waals surface area (Å²) < 4.78 is 28.2. The van der Waals surface area contributed by atoms with Crippen molar-refractivity contribution in [2.75, 3.05) is 6.54 Å². The maximum atomic E-state index is 13.6. The summed E-state index contributed by atoms with van der Waals surface area (Å²) in [5, 5.41) is 8.26. The van der Waals surface area contributed by atoms with E-state index in [0.717, 1.165) is 10.1 Å². The van der Waals surface area contributed by atoms with Gasteiger partial charge in [-0.15, -0.1) is 0 Å². The minimum atomic E-state index is -2.72. The number of urea groups is 1. The lowest BCUT2D eigenvalue weighted by Crippen LogP contribution is -2.39. The number of rotatable bonds is 8. The molecule has 1 heterocycles. The first-order valence-electron chi connectivity index (χ1n) is 10.4. The first kappa shape index (κ1) is 23.2. The van der Waals surface area contributed by atoms with Crippen LogP contribution in [0.1, 0.15) is 55.0 Å². The zero-order valence-electron chi connectivity index (χ0n) is 18.2. The van der Waals surface area contributed by atoms with Crippen LogP contribution in [0.25, 0.3) is 11.0 Å². The number of benzene rings is 2. The number of imidazole rings is 1. The summed E-state index contributed by atoms with van der Waals surface area (Å²) in [7, 11) is 0. The number of nitrogens with zero attached hydrogens (tertiary/aromatic N) is 2. The van der Waals surface area contributed by atoms with E-state index in [1.807, 2.05) is 13.8 Å². The Morgan fingerprint density at radius 2 is 1.69 bits per heavy atom. The summed E-state index contributed by atoms with van der Waals surface area (Å²) in [6.07, 6.45) is 0. The smallest absolute Gasteiger partial charge is 0.320 e. The third-order valence-corrected chi connectivity index (χ3v) is 4.92. The summed E-state index contributed by atoms with van der Waals surface area (Å²) in [6, 6.07) is 13.3. The number of hydrogen-bond donors (Lipinski definition) is 3. The second kappa shape index (κ2) is 10.2. The third kappa shape index (κ3) is 5.60. The summed E-state index contributed by atoms with van der Waals surface area (Å²) in [4.78, 5) is 28.5. The number of alkyl halides is 2. The van der Waals surface area contributed by atoms with Crippen molar-refractivity contribution >= 4 is 23.0 Å². The van der Waals surface area contributed by atoms with Crippen molar-refractivity contribution in [3.8, 4) is 0 Å². The van der Waals surface area contributed by atoms with Crippen LogP contribution < -0.4 is 16.0 Å². The molecule has 3 rings (SSSR count). The second-order valence-electron chi connectivity index (χ2n) is 7.90. The Morgan fingerprint density at radius 3 is 2.34 bits per heavy atom. The van der Waals surface area contributed by atoms with Crippen LogP contribution >= 0.6 is 0 Å². The molecule has 0 radical (unpaired) electrons. The zero-order chi connectivity index (χ0) is 23.3.